The topological polar surface area (TPSA) is 139 Å². The third-order valence-corrected chi connectivity index (χ3v) is 12.8. The van der Waals surface area contributed by atoms with Crippen LogP contribution in [0.5, 0.6) is 11.5 Å². The van der Waals surface area contributed by atoms with Crippen molar-refractivity contribution in [3.8, 4) is 22.8 Å². The summed E-state index contributed by atoms with van der Waals surface area (Å²) in [5.74, 6) is 3.23. The Morgan fingerprint density at radius 3 is 1.62 bits per heavy atom. The number of aromatic nitrogens is 4. The first-order valence-electron chi connectivity index (χ1n) is 24.3. The second kappa shape index (κ2) is 20.3. The smallest absolute Gasteiger partial charge is 0.239 e. The maximum Gasteiger partial charge on any atom is 0.239 e. The highest BCUT2D eigenvalue weighted by Crippen LogP contribution is 2.45. The molecule has 13 heteroatoms. The summed E-state index contributed by atoms with van der Waals surface area (Å²) in [6.45, 7) is 12.1. The van der Waals surface area contributed by atoms with E-state index in [0.29, 0.717) is 32.7 Å². The van der Waals surface area contributed by atoms with E-state index in [2.05, 4.69) is 122 Å². The van der Waals surface area contributed by atoms with Gasteiger partial charge >= 0.3 is 0 Å². The van der Waals surface area contributed by atoms with E-state index in [1.807, 2.05) is 92.1 Å². The molecule has 5 aromatic carbocycles. The van der Waals surface area contributed by atoms with Gasteiger partial charge in [-0.15, -0.1) is 0 Å². The number of pyridine rings is 2. The largest absolute Gasteiger partial charge is 0.491 e. The SMILES string of the molecule is CC(C)Oc1ccc2c(c1)C(c1ccnc(N3CCNC(=O)C3)c1)=NC2.CC(C)Oc1ccc2c(c1)c(-c1ccnc(N3CCNC(=O)C3)c1)nn2C(c1ccccc1)(c1ccccc1)c1ccccc1. The molecular weight excluding hydrogens is 887 g/mol. The molecule has 0 radical (unpaired) electrons. The lowest BCUT2D eigenvalue weighted by Gasteiger charge is -2.37. The van der Waals surface area contributed by atoms with Gasteiger partial charge in [0.05, 0.1) is 43.1 Å². The average Bonchev–Trinajstić information content (AvgIpc) is 3.99. The lowest BCUT2D eigenvalue weighted by atomic mass is 9.77. The summed E-state index contributed by atoms with van der Waals surface area (Å²) in [7, 11) is 0. The molecule has 3 aromatic heterocycles. The molecule has 2 saturated heterocycles. The van der Waals surface area contributed by atoms with Crippen LogP contribution in [0.2, 0.25) is 0 Å². The number of hydrogen-bond donors (Lipinski definition) is 2. The van der Waals surface area contributed by atoms with E-state index in [-0.39, 0.29) is 30.6 Å². The first-order valence-corrected chi connectivity index (χ1v) is 24.3. The molecule has 3 aliphatic heterocycles. The summed E-state index contributed by atoms with van der Waals surface area (Å²) in [5.41, 5.74) is 9.47. The molecule has 0 aliphatic carbocycles. The van der Waals surface area contributed by atoms with Gasteiger partial charge in [0.15, 0.2) is 0 Å². The van der Waals surface area contributed by atoms with E-state index < -0.39 is 5.54 Å². The first-order chi connectivity index (χ1) is 34.6. The van der Waals surface area contributed by atoms with Crippen molar-refractivity contribution in [1.82, 2.24) is 30.4 Å². The molecule has 0 unspecified atom stereocenters. The lowest BCUT2D eigenvalue weighted by Crippen LogP contribution is -2.48. The first kappa shape index (κ1) is 46.4. The van der Waals surface area contributed by atoms with Gasteiger partial charge in [-0.2, -0.15) is 5.10 Å². The molecule has 11 rings (SSSR count). The van der Waals surface area contributed by atoms with Gasteiger partial charge < -0.3 is 29.9 Å². The van der Waals surface area contributed by atoms with Crippen LogP contribution in [0.1, 0.15) is 61.1 Å². The van der Waals surface area contributed by atoms with Crippen LogP contribution in [0, 0.1) is 0 Å². The summed E-state index contributed by atoms with van der Waals surface area (Å²) in [6, 6.07) is 52.1. The zero-order valence-corrected chi connectivity index (χ0v) is 40.5. The van der Waals surface area contributed by atoms with Gasteiger partial charge in [0, 0.05) is 60.6 Å². The van der Waals surface area contributed by atoms with Crippen molar-refractivity contribution in [3.05, 3.63) is 197 Å². The van der Waals surface area contributed by atoms with Crippen LogP contribution in [0.4, 0.5) is 11.6 Å². The summed E-state index contributed by atoms with van der Waals surface area (Å²) < 4.78 is 14.2. The zero-order chi connectivity index (χ0) is 48.9. The molecule has 71 heavy (non-hydrogen) atoms. The second-order valence-corrected chi connectivity index (χ2v) is 18.4. The van der Waals surface area contributed by atoms with Crippen molar-refractivity contribution in [2.75, 3.05) is 49.1 Å². The molecule has 3 aliphatic rings. The van der Waals surface area contributed by atoms with Gasteiger partial charge in [-0.25, -0.2) is 14.6 Å². The predicted molar refractivity (Wildman–Crippen MR) is 280 cm³/mol. The predicted octanol–water partition coefficient (Wildman–Crippen LogP) is 8.82. The van der Waals surface area contributed by atoms with E-state index in [1.165, 1.54) is 5.56 Å². The van der Waals surface area contributed by atoms with Crippen LogP contribution in [-0.4, -0.2) is 88.8 Å². The second-order valence-electron chi connectivity index (χ2n) is 18.4. The zero-order valence-electron chi connectivity index (χ0n) is 40.5. The highest BCUT2D eigenvalue weighted by Gasteiger charge is 2.41. The Morgan fingerprint density at radius 2 is 1.08 bits per heavy atom. The number of amides is 2. The van der Waals surface area contributed by atoms with Crippen molar-refractivity contribution in [3.63, 3.8) is 0 Å². The number of benzene rings is 5. The number of rotatable bonds is 12. The number of hydrogen-bond acceptors (Lipinski definition) is 10. The molecule has 6 heterocycles. The molecule has 13 nitrogen and oxygen atoms in total. The average molecular weight is 944 g/mol. The van der Waals surface area contributed by atoms with E-state index in [4.69, 9.17) is 19.6 Å². The Labute approximate surface area is 414 Å². The van der Waals surface area contributed by atoms with Gasteiger partial charge in [0.25, 0.3) is 0 Å². The maximum absolute atomic E-state index is 12.2. The lowest BCUT2D eigenvalue weighted by molar-refractivity contribution is -0.121. The number of piperazine rings is 2. The highest BCUT2D eigenvalue weighted by molar-refractivity contribution is 6.15. The number of aliphatic imine (C=N–C) groups is 1. The number of nitrogens with zero attached hydrogens (tertiary/aromatic N) is 7. The maximum atomic E-state index is 12.2. The minimum atomic E-state index is -0.790. The molecule has 0 atom stereocenters. The van der Waals surface area contributed by atoms with Crippen molar-refractivity contribution < 1.29 is 19.1 Å². The summed E-state index contributed by atoms with van der Waals surface area (Å²) in [5, 5.41) is 12.2. The van der Waals surface area contributed by atoms with Gasteiger partial charge in [-0.3, -0.25) is 14.6 Å². The van der Waals surface area contributed by atoms with Crippen LogP contribution >= 0.6 is 0 Å². The van der Waals surface area contributed by atoms with E-state index in [9.17, 15) is 9.59 Å². The molecule has 0 spiro atoms. The van der Waals surface area contributed by atoms with Gasteiger partial charge in [-0.05, 0) is 105 Å². The number of carbonyl (C=O) groups is 2. The third-order valence-electron chi connectivity index (χ3n) is 12.8. The highest BCUT2D eigenvalue weighted by atomic mass is 16.5. The third kappa shape index (κ3) is 9.68. The Hall–Kier alpha value is -8.32. The van der Waals surface area contributed by atoms with Gasteiger partial charge in [-0.1, -0.05) is 97.1 Å². The normalized spacial score (nSPS) is 14.6. The van der Waals surface area contributed by atoms with E-state index in [1.54, 1.807) is 12.4 Å². The number of ether oxygens (including phenoxy) is 2. The minimum Gasteiger partial charge on any atom is -0.491 e. The van der Waals surface area contributed by atoms with Gasteiger partial charge in [0.2, 0.25) is 11.8 Å². The standard InChI is InChI=1S/C38H35N5O2.C20H22N4O2/c1-27(2)45-32-18-19-34-33(25-32)37(28-20-21-39-35(24-28)42-23-22-40-36(44)26-42)41-43(34)38(29-12-6-3-7-13-29,30-14-8-4-9-15-30)31-16-10-5-11-17-31;1-13(2)26-16-4-3-15-11-23-20(17(15)10-16)14-5-6-21-18(9-14)24-8-7-22-19(25)12-24/h3-21,24-25,27H,22-23,26H2,1-2H3,(H,40,44);3-6,9-10,13H,7-8,11-12H2,1-2H3,(H,22,25). The van der Waals surface area contributed by atoms with Crippen LogP contribution < -0.4 is 29.9 Å². The van der Waals surface area contributed by atoms with Crippen molar-refractivity contribution in [1.29, 1.82) is 0 Å². The van der Waals surface area contributed by atoms with Gasteiger partial charge in [0.1, 0.15) is 34.4 Å². The fourth-order valence-corrected chi connectivity index (χ4v) is 9.72. The number of carbonyl (C=O) groups excluding carboxylic acids is 2. The van der Waals surface area contributed by atoms with Crippen LogP contribution in [0.3, 0.4) is 0 Å². The van der Waals surface area contributed by atoms with Crippen LogP contribution in [-0.2, 0) is 21.7 Å². The molecule has 358 valence electrons. The number of anilines is 2. The Bertz CT molecular complexity index is 3110. The Kier molecular flexibility index (Phi) is 13.3. The van der Waals surface area contributed by atoms with Crippen LogP contribution in [0.15, 0.2) is 169 Å². The fourth-order valence-electron chi connectivity index (χ4n) is 9.72. The van der Waals surface area contributed by atoms with Crippen molar-refractivity contribution >= 4 is 40.1 Å². The molecule has 0 bridgehead atoms. The van der Waals surface area contributed by atoms with E-state index >= 15 is 0 Å². The molecule has 2 N–H and O–H groups in total. The molecule has 0 saturated carbocycles. The fraction of sp³-hybridized carbons (Fsp3) is 0.241. The molecule has 2 fully saturated rings. The molecular formula is C58H57N9O4. The summed E-state index contributed by atoms with van der Waals surface area (Å²) >= 11 is 0. The summed E-state index contributed by atoms with van der Waals surface area (Å²) in [6.07, 6.45) is 3.74. The molecule has 8 aromatic rings. The van der Waals surface area contributed by atoms with Crippen molar-refractivity contribution in [2.24, 2.45) is 4.99 Å². The molecule has 2 amide bonds. The summed E-state index contributed by atoms with van der Waals surface area (Å²) in [4.78, 5) is 41.7. The van der Waals surface area contributed by atoms with E-state index in [0.717, 1.165) is 85.4 Å². The van der Waals surface area contributed by atoms with Crippen molar-refractivity contribution in [2.45, 2.75) is 52.0 Å². The Balaban J connectivity index is 0.000000190. The Morgan fingerprint density at radius 1 is 0.577 bits per heavy atom. The quantitative estimate of drug-likeness (QED) is 0.115. The minimum absolute atomic E-state index is 0.00276. The monoisotopic (exact) mass is 943 g/mol. The number of fused-ring (bicyclic) bond motifs is 2. The van der Waals surface area contributed by atoms with Crippen LogP contribution in [0.25, 0.3) is 22.2 Å². The number of nitrogens with one attached hydrogen (secondary N) is 2.